The Kier molecular flexibility index (Phi) is 20.2. The van der Waals surface area contributed by atoms with E-state index in [1.807, 2.05) is 6.92 Å². The van der Waals surface area contributed by atoms with Gasteiger partial charge in [0.05, 0.1) is 6.61 Å². The maximum absolute atomic E-state index is 12.1. The monoisotopic (exact) mass is 414 g/mol. The molecule has 0 aromatic heterocycles. The van der Waals surface area contributed by atoms with Crippen LogP contribution in [0.4, 0.5) is 0 Å². The van der Waals surface area contributed by atoms with Crippen molar-refractivity contribution in [1.29, 1.82) is 0 Å². The molecule has 0 spiro atoms. The predicted molar refractivity (Wildman–Crippen MR) is 105 cm³/mol. The summed E-state index contributed by atoms with van der Waals surface area (Å²) in [5.74, 6) is -0.630. The topological polar surface area (TPSA) is 83.5 Å². The first-order valence-corrected chi connectivity index (χ1v) is 11.9. The fourth-order valence-corrected chi connectivity index (χ4v) is 3.79. The van der Waals surface area contributed by atoms with Crippen molar-refractivity contribution in [3.8, 4) is 0 Å². The van der Waals surface area contributed by atoms with Gasteiger partial charge >= 0.3 is 35.5 Å². The molecule has 2 unspecified atom stereocenters. The molecule has 0 aliphatic rings. The van der Waals surface area contributed by atoms with Crippen LogP contribution < -0.4 is 29.6 Å². The van der Waals surface area contributed by atoms with Crippen molar-refractivity contribution < 1.29 is 52.1 Å². The van der Waals surface area contributed by atoms with Crippen molar-refractivity contribution in [2.45, 2.75) is 109 Å². The van der Waals surface area contributed by atoms with E-state index in [0.717, 1.165) is 44.9 Å². The molecular formula is C20H39NaO5S. The fraction of sp³-hybridized carbons (Fsp3) is 0.950. The number of ether oxygens (including phenoxy) is 1. The normalized spacial score (nSPS) is 13.6. The van der Waals surface area contributed by atoms with Gasteiger partial charge in [-0.2, -0.15) is 0 Å². The minimum absolute atomic E-state index is 0. The molecule has 0 saturated carbocycles. The van der Waals surface area contributed by atoms with E-state index in [-0.39, 0.29) is 48.5 Å². The largest absolute Gasteiger partial charge is 1.00 e. The molecule has 0 radical (unpaired) electrons. The van der Waals surface area contributed by atoms with Gasteiger partial charge in [-0.3, -0.25) is 4.79 Å². The van der Waals surface area contributed by atoms with Gasteiger partial charge in [-0.1, -0.05) is 91.4 Å². The smallest absolute Gasteiger partial charge is 0.747 e. The summed E-state index contributed by atoms with van der Waals surface area (Å²) in [5, 5.41) is -1.55. The third-order valence-corrected chi connectivity index (χ3v) is 6.06. The quantitative estimate of drug-likeness (QED) is 0.158. The van der Waals surface area contributed by atoms with Crippen LogP contribution in [0.15, 0.2) is 0 Å². The Hall–Kier alpha value is 0.380. The molecule has 0 amide bonds. The first kappa shape index (κ1) is 29.6. The molecule has 156 valence electrons. The van der Waals surface area contributed by atoms with E-state index in [2.05, 4.69) is 13.8 Å². The van der Waals surface area contributed by atoms with E-state index in [9.17, 15) is 17.8 Å². The van der Waals surface area contributed by atoms with Gasteiger partial charge in [0.15, 0.2) is 0 Å². The van der Waals surface area contributed by atoms with Crippen LogP contribution in [0.5, 0.6) is 0 Å². The van der Waals surface area contributed by atoms with E-state index >= 15 is 0 Å². The standard InChI is InChI=1S/C20H40O5S.Na/c1-4-7-9-10-11-12-13-14-16-19(26(22,23)24)20(21)25-17-18(6-3)15-8-5-2;/h18-19H,4-17H2,1-3H3,(H,22,23,24);/q;+1/p-1. The van der Waals surface area contributed by atoms with Crippen molar-refractivity contribution >= 4 is 16.1 Å². The molecular weight excluding hydrogens is 375 g/mol. The van der Waals surface area contributed by atoms with Gasteiger partial charge in [0, 0.05) is 0 Å². The van der Waals surface area contributed by atoms with E-state index in [1.165, 1.54) is 25.7 Å². The maximum Gasteiger partial charge on any atom is 1.00 e. The molecule has 0 bridgehead atoms. The minimum Gasteiger partial charge on any atom is -0.747 e. The molecule has 7 heteroatoms. The van der Waals surface area contributed by atoms with Gasteiger partial charge in [0.2, 0.25) is 0 Å². The molecule has 0 heterocycles. The summed E-state index contributed by atoms with van der Waals surface area (Å²) < 4.78 is 39.5. The number of esters is 1. The summed E-state index contributed by atoms with van der Waals surface area (Å²) >= 11 is 0. The molecule has 0 aliphatic heterocycles. The summed E-state index contributed by atoms with van der Waals surface area (Å²) in [6.07, 6.45) is 12.5. The SMILES string of the molecule is CCCCCCCCCCC(C(=O)OCC(CC)CCCC)S(=O)(=O)[O-].[Na+]. The number of hydrogen-bond donors (Lipinski definition) is 0. The van der Waals surface area contributed by atoms with Crippen LogP contribution in [0.25, 0.3) is 0 Å². The molecule has 27 heavy (non-hydrogen) atoms. The van der Waals surface area contributed by atoms with Crippen molar-refractivity contribution in [3.63, 3.8) is 0 Å². The summed E-state index contributed by atoms with van der Waals surface area (Å²) in [6.45, 7) is 6.51. The van der Waals surface area contributed by atoms with Gasteiger partial charge in [-0.15, -0.1) is 0 Å². The molecule has 0 rings (SSSR count). The summed E-state index contributed by atoms with van der Waals surface area (Å²) in [5.41, 5.74) is 0. The molecule has 0 saturated heterocycles. The number of hydrogen-bond acceptors (Lipinski definition) is 5. The Morgan fingerprint density at radius 1 is 0.852 bits per heavy atom. The van der Waals surface area contributed by atoms with Crippen LogP contribution >= 0.6 is 0 Å². The van der Waals surface area contributed by atoms with E-state index < -0.39 is 21.3 Å². The van der Waals surface area contributed by atoms with E-state index in [0.29, 0.717) is 6.42 Å². The first-order chi connectivity index (χ1) is 12.4. The van der Waals surface area contributed by atoms with E-state index in [1.54, 1.807) is 0 Å². The Morgan fingerprint density at radius 2 is 1.37 bits per heavy atom. The van der Waals surface area contributed by atoms with Crippen LogP contribution in [0.3, 0.4) is 0 Å². The minimum atomic E-state index is -4.67. The number of rotatable bonds is 17. The van der Waals surface area contributed by atoms with Gasteiger partial charge in [0.1, 0.15) is 15.4 Å². The number of unbranched alkanes of at least 4 members (excludes halogenated alkanes) is 8. The molecule has 0 aliphatic carbocycles. The zero-order valence-electron chi connectivity index (χ0n) is 18.0. The third kappa shape index (κ3) is 15.9. The van der Waals surface area contributed by atoms with Crippen LogP contribution in [0.2, 0.25) is 0 Å². The second kappa shape index (κ2) is 18.4. The Balaban J connectivity index is 0. The van der Waals surface area contributed by atoms with E-state index in [4.69, 9.17) is 4.74 Å². The van der Waals surface area contributed by atoms with Crippen LogP contribution in [-0.4, -0.2) is 30.8 Å². The third-order valence-electron chi connectivity index (χ3n) is 4.94. The second-order valence-corrected chi connectivity index (χ2v) is 8.85. The van der Waals surface area contributed by atoms with Gasteiger partial charge < -0.3 is 9.29 Å². The summed E-state index contributed by atoms with van der Waals surface area (Å²) in [4.78, 5) is 12.1. The Labute approximate surface area is 189 Å². The van der Waals surface area contributed by atoms with Crippen molar-refractivity contribution in [3.05, 3.63) is 0 Å². The van der Waals surface area contributed by atoms with Crippen molar-refractivity contribution in [2.24, 2.45) is 5.92 Å². The van der Waals surface area contributed by atoms with Crippen LogP contribution in [-0.2, 0) is 19.6 Å². The zero-order valence-corrected chi connectivity index (χ0v) is 20.8. The first-order valence-electron chi connectivity index (χ1n) is 10.5. The average molecular weight is 415 g/mol. The molecule has 0 aromatic carbocycles. The number of carbonyl (C=O) groups excluding carboxylic acids is 1. The summed E-state index contributed by atoms with van der Waals surface area (Å²) in [6, 6.07) is 0. The molecule has 0 aromatic rings. The van der Waals surface area contributed by atoms with Crippen molar-refractivity contribution in [2.75, 3.05) is 6.61 Å². The number of carbonyl (C=O) groups is 1. The molecule has 0 N–H and O–H groups in total. The van der Waals surface area contributed by atoms with Gasteiger partial charge in [-0.05, 0) is 18.8 Å². The van der Waals surface area contributed by atoms with Gasteiger partial charge in [0.25, 0.3) is 0 Å². The Morgan fingerprint density at radius 3 is 1.85 bits per heavy atom. The Bertz CT molecular complexity index is 453. The fourth-order valence-electron chi connectivity index (χ4n) is 3.03. The van der Waals surface area contributed by atoms with Crippen LogP contribution in [0, 0.1) is 5.92 Å². The molecule has 0 fully saturated rings. The maximum atomic E-state index is 12.1. The van der Waals surface area contributed by atoms with Crippen LogP contribution in [0.1, 0.15) is 104 Å². The predicted octanol–water partition coefficient (Wildman–Crippen LogP) is 2.19. The van der Waals surface area contributed by atoms with Gasteiger partial charge in [-0.25, -0.2) is 8.42 Å². The molecule has 2 atom stereocenters. The average Bonchev–Trinajstić information content (AvgIpc) is 2.59. The summed E-state index contributed by atoms with van der Waals surface area (Å²) in [7, 11) is -4.67. The van der Waals surface area contributed by atoms with Crippen molar-refractivity contribution in [1.82, 2.24) is 0 Å². The second-order valence-electron chi connectivity index (χ2n) is 7.29. The molecule has 5 nitrogen and oxygen atoms in total. The zero-order chi connectivity index (χ0) is 19.8.